The average Bonchev–Trinajstić information content (AvgIpc) is 2.24. The second-order valence-electron chi connectivity index (χ2n) is 3.78. The van der Waals surface area contributed by atoms with Gasteiger partial charge in [-0.2, -0.15) is 4.98 Å². The third kappa shape index (κ3) is 2.14. The van der Waals surface area contributed by atoms with Crippen molar-refractivity contribution >= 4 is 40.7 Å². The Balaban J connectivity index is 2.73. The number of aryl methyl sites for hydroxylation is 1. The van der Waals surface area contributed by atoms with Crippen LogP contribution < -0.4 is 17.2 Å². The third-order valence-electron chi connectivity index (χ3n) is 2.49. The molecule has 6 N–H and O–H groups in total. The van der Waals surface area contributed by atoms with E-state index in [2.05, 4.69) is 9.97 Å². The van der Waals surface area contributed by atoms with Crippen molar-refractivity contribution in [2.45, 2.75) is 6.92 Å². The smallest absolute Gasteiger partial charge is 0.222 e. The van der Waals surface area contributed by atoms with Crippen LogP contribution in [0.2, 0.25) is 10.0 Å². The summed E-state index contributed by atoms with van der Waals surface area (Å²) >= 11 is 12.0. The Bertz CT molecular complexity index is 604. The minimum Gasteiger partial charge on any atom is -0.398 e. The number of hydrogen-bond acceptors (Lipinski definition) is 5. The summed E-state index contributed by atoms with van der Waals surface area (Å²) in [7, 11) is 0. The molecule has 0 bridgehead atoms. The van der Waals surface area contributed by atoms with Gasteiger partial charge in [0, 0.05) is 11.1 Å². The molecular formula is C11H11Cl2N5. The molecule has 18 heavy (non-hydrogen) atoms. The van der Waals surface area contributed by atoms with Gasteiger partial charge in [0.15, 0.2) is 0 Å². The molecule has 2 aromatic rings. The van der Waals surface area contributed by atoms with Crippen LogP contribution >= 0.6 is 23.2 Å². The zero-order chi connectivity index (χ0) is 13.4. The van der Waals surface area contributed by atoms with Gasteiger partial charge in [-0.3, -0.25) is 0 Å². The zero-order valence-corrected chi connectivity index (χ0v) is 11.0. The van der Waals surface area contributed by atoms with E-state index in [0.717, 1.165) is 0 Å². The number of halogens is 2. The van der Waals surface area contributed by atoms with E-state index >= 15 is 0 Å². The standard InChI is InChI=1S/C11H11Cl2N5/c1-4-9(10(15)18-11(16)17-4)5-2-8(14)7(13)3-6(5)12/h2-3H,14H2,1H3,(H4,15,16,17,18). The lowest BCUT2D eigenvalue weighted by Gasteiger charge is -2.12. The SMILES string of the molecule is Cc1nc(N)nc(N)c1-c1cc(N)c(Cl)cc1Cl. The van der Waals surface area contributed by atoms with Gasteiger partial charge in [-0.1, -0.05) is 23.2 Å². The molecule has 0 unspecified atom stereocenters. The fourth-order valence-electron chi connectivity index (χ4n) is 1.71. The van der Waals surface area contributed by atoms with E-state index < -0.39 is 0 Å². The van der Waals surface area contributed by atoms with Crippen molar-refractivity contribution in [1.82, 2.24) is 9.97 Å². The molecule has 94 valence electrons. The molecule has 0 aliphatic carbocycles. The van der Waals surface area contributed by atoms with Crippen molar-refractivity contribution in [3.8, 4) is 11.1 Å². The van der Waals surface area contributed by atoms with E-state index in [1.807, 2.05) is 0 Å². The number of nitrogens with two attached hydrogens (primary N) is 3. The van der Waals surface area contributed by atoms with Gasteiger partial charge in [-0.15, -0.1) is 0 Å². The minimum atomic E-state index is 0.117. The number of benzene rings is 1. The maximum atomic E-state index is 6.14. The Morgan fingerprint density at radius 1 is 1.00 bits per heavy atom. The Morgan fingerprint density at radius 3 is 2.28 bits per heavy atom. The van der Waals surface area contributed by atoms with Crippen LogP contribution in [0.15, 0.2) is 12.1 Å². The van der Waals surface area contributed by atoms with Crippen LogP contribution in [-0.2, 0) is 0 Å². The largest absolute Gasteiger partial charge is 0.398 e. The van der Waals surface area contributed by atoms with Crippen LogP contribution in [0.1, 0.15) is 5.69 Å². The summed E-state index contributed by atoms with van der Waals surface area (Å²) in [6.45, 7) is 1.77. The molecule has 0 amide bonds. The van der Waals surface area contributed by atoms with Crippen LogP contribution in [0, 0.1) is 6.92 Å². The minimum absolute atomic E-state index is 0.117. The predicted octanol–water partition coefficient (Wildman–Crippen LogP) is 2.51. The van der Waals surface area contributed by atoms with E-state index in [4.69, 9.17) is 40.4 Å². The van der Waals surface area contributed by atoms with Crippen molar-refractivity contribution in [3.05, 3.63) is 27.9 Å². The van der Waals surface area contributed by atoms with Gasteiger partial charge in [0.05, 0.1) is 21.4 Å². The Morgan fingerprint density at radius 2 is 1.67 bits per heavy atom. The number of nitrogen functional groups attached to an aromatic ring is 3. The maximum Gasteiger partial charge on any atom is 0.222 e. The molecule has 5 nitrogen and oxygen atoms in total. The first-order valence-electron chi connectivity index (χ1n) is 5.04. The molecule has 1 aromatic carbocycles. The number of anilines is 3. The molecule has 0 aliphatic rings. The molecule has 0 atom stereocenters. The van der Waals surface area contributed by atoms with Crippen molar-refractivity contribution in [2.24, 2.45) is 0 Å². The normalized spacial score (nSPS) is 10.6. The van der Waals surface area contributed by atoms with Crippen molar-refractivity contribution in [3.63, 3.8) is 0 Å². The van der Waals surface area contributed by atoms with Crippen LogP contribution in [0.4, 0.5) is 17.5 Å². The third-order valence-corrected chi connectivity index (χ3v) is 3.13. The summed E-state index contributed by atoms with van der Waals surface area (Å²) in [4.78, 5) is 7.97. The molecular weight excluding hydrogens is 273 g/mol. The van der Waals surface area contributed by atoms with Crippen molar-refractivity contribution < 1.29 is 0 Å². The molecule has 0 radical (unpaired) electrons. The van der Waals surface area contributed by atoms with Crippen molar-refractivity contribution in [1.29, 1.82) is 0 Å². The summed E-state index contributed by atoms with van der Waals surface area (Å²) in [6.07, 6.45) is 0. The summed E-state index contributed by atoms with van der Waals surface area (Å²) < 4.78 is 0. The summed E-state index contributed by atoms with van der Waals surface area (Å²) in [5.74, 6) is 0.371. The molecule has 0 saturated heterocycles. The molecule has 7 heteroatoms. The summed E-state index contributed by atoms with van der Waals surface area (Å²) in [6, 6.07) is 3.20. The van der Waals surface area contributed by atoms with Crippen LogP contribution in [-0.4, -0.2) is 9.97 Å². The molecule has 0 fully saturated rings. The second-order valence-corrected chi connectivity index (χ2v) is 4.60. The summed E-state index contributed by atoms with van der Waals surface area (Å²) in [5.41, 5.74) is 19.4. The second kappa shape index (κ2) is 4.51. The molecule has 2 rings (SSSR count). The van der Waals surface area contributed by atoms with E-state index in [-0.39, 0.29) is 11.8 Å². The van der Waals surface area contributed by atoms with Gasteiger partial charge < -0.3 is 17.2 Å². The lowest BCUT2D eigenvalue weighted by Crippen LogP contribution is -2.04. The molecule has 0 aliphatic heterocycles. The first kappa shape index (κ1) is 12.7. The number of aromatic nitrogens is 2. The zero-order valence-electron chi connectivity index (χ0n) is 9.54. The van der Waals surface area contributed by atoms with Crippen LogP contribution in [0.3, 0.4) is 0 Å². The molecule has 0 saturated carbocycles. The number of nitrogens with zero attached hydrogens (tertiary/aromatic N) is 2. The number of rotatable bonds is 1. The molecule has 0 spiro atoms. The van der Waals surface area contributed by atoms with Gasteiger partial charge in [0.1, 0.15) is 5.82 Å². The Hall–Kier alpha value is -1.72. The van der Waals surface area contributed by atoms with E-state index in [1.54, 1.807) is 19.1 Å². The van der Waals surface area contributed by atoms with Crippen LogP contribution in [0.5, 0.6) is 0 Å². The van der Waals surface area contributed by atoms with Gasteiger partial charge >= 0.3 is 0 Å². The summed E-state index contributed by atoms with van der Waals surface area (Å²) in [5, 5.41) is 0.814. The first-order chi connectivity index (χ1) is 8.40. The van der Waals surface area contributed by atoms with Crippen LogP contribution in [0.25, 0.3) is 11.1 Å². The van der Waals surface area contributed by atoms with Gasteiger partial charge in [0.25, 0.3) is 0 Å². The van der Waals surface area contributed by atoms with E-state index in [1.165, 1.54) is 0 Å². The monoisotopic (exact) mass is 283 g/mol. The lowest BCUT2D eigenvalue weighted by molar-refractivity contribution is 1.13. The Labute approximate surface area is 114 Å². The van der Waals surface area contributed by atoms with Gasteiger partial charge in [-0.25, -0.2) is 4.98 Å². The number of hydrogen-bond donors (Lipinski definition) is 3. The van der Waals surface area contributed by atoms with Gasteiger partial charge in [-0.05, 0) is 19.1 Å². The van der Waals surface area contributed by atoms with Crippen molar-refractivity contribution in [2.75, 3.05) is 17.2 Å². The highest BCUT2D eigenvalue weighted by Gasteiger charge is 2.15. The molecule has 1 heterocycles. The average molecular weight is 284 g/mol. The topological polar surface area (TPSA) is 104 Å². The highest BCUT2D eigenvalue weighted by molar-refractivity contribution is 6.38. The van der Waals surface area contributed by atoms with Gasteiger partial charge in [0.2, 0.25) is 5.95 Å². The quantitative estimate of drug-likeness (QED) is 0.698. The highest BCUT2D eigenvalue weighted by Crippen LogP contribution is 2.37. The highest BCUT2D eigenvalue weighted by atomic mass is 35.5. The fraction of sp³-hybridized carbons (Fsp3) is 0.0909. The first-order valence-corrected chi connectivity index (χ1v) is 5.80. The van der Waals surface area contributed by atoms with E-state index in [0.29, 0.717) is 32.6 Å². The predicted molar refractivity (Wildman–Crippen MR) is 75.5 cm³/mol. The molecule has 1 aromatic heterocycles. The lowest BCUT2D eigenvalue weighted by atomic mass is 10.0. The fourth-order valence-corrected chi connectivity index (χ4v) is 2.19. The maximum absolute atomic E-state index is 6.14. The Kier molecular flexibility index (Phi) is 3.19. The van der Waals surface area contributed by atoms with E-state index in [9.17, 15) is 0 Å².